The summed E-state index contributed by atoms with van der Waals surface area (Å²) in [6.45, 7) is 6.83. The van der Waals surface area contributed by atoms with Gasteiger partial charge in [-0.05, 0) is 19.3 Å². The van der Waals surface area contributed by atoms with Crippen LogP contribution in [0.4, 0.5) is 0 Å². The van der Waals surface area contributed by atoms with Gasteiger partial charge in [-0.3, -0.25) is 9.59 Å². The minimum atomic E-state index is -0.833. The van der Waals surface area contributed by atoms with Gasteiger partial charge in [-0.25, -0.2) is 0 Å². The van der Waals surface area contributed by atoms with Gasteiger partial charge in [0.05, 0.1) is 0 Å². The van der Waals surface area contributed by atoms with E-state index in [1.54, 1.807) is 0 Å². The van der Waals surface area contributed by atoms with Crippen LogP contribution in [0, 0.1) is 5.41 Å². The molecule has 1 aliphatic carbocycles. The van der Waals surface area contributed by atoms with Gasteiger partial charge in [0.2, 0.25) is 0 Å². The molecule has 0 radical (unpaired) electrons. The zero-order valence-corrected chi connectivity index (χ0v) is 9.58. The van der Waals surface area contributed by atoms with E-state index in [4.69, 9.17) is 9.90 Å². The van der Waals surface area contributed by atoms with E-state index in [2.05, 4.69) is 13.5 Å². The molecule has 1 atom stereocenters. The number of rotatable bonds is 2. The van der Waals surface area contributed by atoms with Crippen LogP contribution >= 0.6 is 0 Å². The number of ketones is 1. The Bertz CT molecular complexity index is 241. The largest absolute Gasteiger partial charge is 0.481 e. The average Bonchev–Trinajstić information content (AvgIpc) is 2.10. The molecule has 1 rings (SSSR count). The topological polar surface area (TPSA) is 54.4 Å². The summed E-state index contributed by atoms with van der Waals surface area (Å²) in [5.74, 6) is -0.399. The number of carboxylic acid groups (broad SMARTS) is 1. The summed E-state index contributed by atoms with van der Waals surface area (Å²) in [6.07, 6.45) is 6.85. The lowest BCUT2D eigenvalue weighted by Crippen LogP contribution is -2.30. The van der Waals surface area contributed by atoms with Gasteiger partial charge in [0.25, 0.3) is 5.97 Å². The van der Waals surface area contributed by atoms with E-state index in [-0.39, 0.29) is 5.41 Å². The molecule has 0 bridgehead atoms. The van der Waals surface area contributed by atoms with E-state index in [1.807, 2.05) is 6.08 Å². The summed E-state index contributed by atoms with van der Waals surface area (Å²) in [4.78, 5) is 20.5. The minimum absolute atomic E-state index is 0.0694. The predicted molar refractivity (Wildman–Crippen MR) is 59.7 cm³/mol. The van der Waals surface area contributed by atoms with Crippen LogP contribution in [0.3, 0.4) is 0 Å². The predicted octanol–water partition coefficient (Wildman–Crippen LogP) is 2.80. The number of carbonyl (C=O) groups excluding carboxylic acids is 1. The average molecular weight is 212 g/mol. The number of Topliss-reactive ketones (excluding diaryl/α,β-unsaturated/α-hetero) is 1. The fourth-order valence-corrected chi connectivity index (χ4v) is 1.78. The molecule has 0 spiro atoms. The molecule has 15 heavy (non-hydrogen) atoms. The Morgan fingerprint density at radius 3 is 2.53 bits per heavy atom. The molecule has 0 saturated heterocycles. The summed E-state index contributed by atoms with van der Waals surface area (Å²) in [5.41, 5.74) is -0.0694. The smallest absolute Gasteiger partial charge is 0.300 e. The van der Waals surface area contributed by atoms with Crippen LogP contribution in [0.25, 0.3) is 0 Å². The van der Waals surface area contributed by atoms with Crippen molar-refractivity contribution in [3.05, 3.63) is 12.7 Å². The first-order chi connectivity index (χ1) is 6.92. The van der Waals surface area contributed by atoms with Gasteiger partial charge in [0.1, 0.15) is 5.78 Å². The number of allylic oxidation sites excluding steroid dienone is 1. The number of hydrogen-bond acceptors (Lipinski definition) is 2. The molecule has 1 saturated carbocycles. The van der Waals surface area contributed by atoms with Crippen LogP contribution < -0.4 is 0 Å². The SMILES string of the molecule is C=CCC1(C)CCCCC1=O.CC(=O)O. The fraction of sp³-hybridized carbons (Fsp3) is 0.667. The monoisotopic (exact) mass is 212 g/mol. The second kappa shape index (κ2) is 6.38. The lowest BCUT2D eigenvalue weighted by Gasteiger charge is -2.30. The lowest BCUT2D eigenvalue weighted by atomic mass is 9.72. The molecular formula is C12H20O3. The van der Waals surface area contributed by atoms with E-state index in [0.717, 1.165) is 32.6 Å². The molecule has 0 amide bonds. The summed E-state index contributed by atoms with van der Waals surface area (Å²) in [7, 11) is 0. The molecule has 0 heterocycles. The van der Waals surface area contributed by atoms with Crippen molar-refractivity contribution in [2.75, 3.05) is 0 Å². The van der Waals surface area contributed by atoms with Gasteiger partial charge in [-0.15, -0.1) is 6.58 Å². The normalized spacial score (nSPS) is 25.1. The molecule has 1 unspecified atom stereocenters. The first kappa shape index (κ1) is 13.9. The number of hydrogen-bond donors (Lipinski definition) is 1. The maximum absolute atomic E-state index is 11.5. The van der Waals surface area contributed by atoms with E-state index >= 15 is 0 Å². The lowest BCUT2D eigenvalue weighted by molar-refractivity contribution is -0.134. The Balaban J connectivity index is 0.000000423. The van der Waals surface area contributed by atoms with Crippen LogP contribution in [0.15, 0.2) is 12.7 Å². The zero-order chi connectivity index (χ0) is 11.9. The van der Waals surface area contributed by atoms with Crippen molar-refractivity contribution in [2.24, 2.45) is 5.41 Å². The summed E-state index contributed by atoms with van der Waals surface area (Å²) >= 11 is 0. The fourth-order valence-electron chi connectivity index (χ4n) is 1.78. The van der Waals surface area contributed by atoms with Crippen LogP contribution in [0.1, 0.15) is 46.0 Å². The van der Waals surface area contributed by atoms with Gasteiger partial charge in [0, 0.05) is 18.8 Å². The third-order valence-corrected chi connectivity index (χ3v) is 2.65. The maximum Gasteiger partial charge on any atom is 0.300 e. The quantitative estimate of drug-likeness (QED) is 0.716. The standard InChI is InChI=1S/C10H16O.C2H4O2/c1-3-7-10(2)8-5-4-6-9(10)11;1-2(3)4/h3H,1,4-8H2,2H3;1H3,(H,3,4). The minimum Gasteiger partial charge on any atom is -0.481 e. The Hall–Kier alpha value is -1.12. The van der Waals surface area contributed by atoms with Crippen molar-refractivity contribution in [2.45, 2.75) is 46.0 Å². The highest BCUT2D eigenvalue weighted by Gasteiger charge is 2.33. The molecule has 86 valence electrons. The summed E-state index contributed by atoms with van der Waals surface area (Å²) in [5, 5.41) is 7.42. The number of aliphatic carboxylic acids is 1. The second-order valence-corrected chi connectivity index (χ2v) is 4.20. The zero-order valence-electron chi connectivity index (χ0n) is 9.58. The van der Waals surface area contributed by atoms with Crippen molar-refractivity contribution in [1.29, 1.82) is 0 Å². The second-order valence-electron chi connectivity index (χ2n) is 4.20. The highest BCUT2D eigenvalue weighted by atomic mass is 16.4. The maximum atomic E-state index is 11.5. The van der Waals surface area contributed by atoms with Crippen LogP contribution in [0.5, 0.6) is 0 Å². The summed E-state index contributed by atoms with van der Waals surface area (Å²) in [6, 6.07) is 0. The molecule has 0 aromatic rings. The Morgan fingerprint density at radius 1 is 1.60 bits per heavy atom. The first-order valence-electron chi connectivity index (χ1n) is 5.26. The Morgan fingerprint density at radius 2 is 2.13 bits per heavy atom. The molecule has 1 N–H and O–H groups in total. The van der Waals surface area contributed by atoms with Gasteiger partial charge in [0.15, 0.2) is 0 Å². The molecule has 3 nitrogen and oxygen atoms in total. The van der Waals surface area contributed by atoms with Gasteiger partial charge < -0.3 is 5.11 Å². The van der Waals surface area contributed by atoms with Crippen molar-refractivity contribution in [3.63, 3.8) is 0 Å². The third kappa shape index (κ3) is 5.35. The van der Waals surface area contributed by atoms with Crippen molar-refractivity contribution in [1.82, 2.24) is 0 Å². The molecule has 0 aromatic heterocycles. The van der Waals surface area contributed by atoms with Gasteiger partial charge in [-0.1, -0.05) is 19.4 Å². The molecule has 0 aromatic carbocycles. The molecule has 3 heteroatoms. The highest BCUT2D eigenvalue weighted by Crippen LogP contribution is 2.35. The molecular weight excluding hydrogens is 192 g/mol. The molecule has 0 aliphatic heterocycles. The van der Waals surface area contributed by atoms with Crippen molar-refractivity contribution < 1.29 is 14.7 Å². The highest BCUT2D eigenvalue weighted by molar-refractivity contribution is 5.85. The molecule has 1 aliphatic rings. The van der Waals surface area contributed by atoms with E-state index < -0.39 is 5.97 Å². The molecule has 1 fully saturated rings. The van der Waals surface area contributed by atoms with Crippen LogP contribution in [-0.4, -0.2) is 16.9 Å². The Labute approximate surface area is 91.2 Å². The number of carboxylic acids is 1. The van der Waals surface area contributed by atoms with E-state index in [1.165, 1.54) is 6.42 Å². The van der Waals surface area contributed by atoms with Gasteiger partial charge in [-0.2, -0.15) is 0 Å². The number of carbonyl (C=O) groups is 2. The Kier molecular flexibility index (Phi) is 5.90. The van der Waals surface area contributed by atoms with Crippen molar-refractivity contribution >= 4 is 11.8 Å². The van der Waals surface area contributed by atoms with E-state index in [0.29, 0.717) is 5.78 Å². The van der Waals surface area contributed by atoms with Crippen LogP contribution in [0.2, 0.25) is 0 Å². The third-order valence-electron chi connectivity index (χ3n) is 2.65. The van der Waals surface area contributed by atoms with Gasteiger partial charge >= 0.3 is 0 Å². The van der Waals surface area contributed by atoms with Crippen LogP contribution in [-0.2, 0) is 9.59 Å². The van der Waals surface area contributed by atoms with E-state index in [9.17, 15) is 4.79 Å². The summed E-state index contributed by atoms with van der Waals surface area (Å²) < 4.78 is 0. The first-order valence-corrected chi connectivity index (χ1v) is 5.26. The van der Waals surface area contributed by atoms with Crippen molar-refractivity contribution in [3.8, 4) is 0 Å².